The van der Waals surface area contributed by atoms with Crippen molar-refractivity contribution in [2.75, 3.05) is 13.7 Å². The number of nitrogens with zero attached hydrogens (tertiary/aromatic N) is 1. The largest absolute Gasteiger partial charge is 0.466 e. The minimum atomic E-state index is -0.902. The zero-order valence-electron chi connectivity index (χ0n) is 12.9. The molecule has 2 heterocycles. The molecular formula is C15H18N2O7. The van der Waals surface area contributed by atoms with Crippen molar-refractivity contribution in [3.05, 3.63) is 50.8 Å². The Morgan fingerprint density at radius 1 is 1.50 bits per heavy atom. The average Bonchev–Trinajstić information content (AvgIpc) is 2.93. The number of methoxy groups -OCH3 is 1. The SMILES string of the molecule is COC(=O)/C=C/C=C/c1cn([C@H]2C[C@H](O)[C@@H](CO)O2)c(=O)[nH]c1=O. The van der Waals surface area contributed by atoms with Crippen LogP contribution in [0.1, 0.15) is 18.2 Å². The maximum Gasteiger partial charge on any atom is 0.330 e. The molecule has 0 unspecified atom stereocenters. The van der Waals surface area contributed by atoms with Gasteiger partial charge < -0.3 is 19.7 Å². The lowest BCUT2D eigenvalue weighted by molar-refractivity contribution is -0.134. The molecule has 1 saturated heterocycles. The van der Waals surface area contributed by atoms with Gasteiger partial charge in [0.1, 0.15) is 12.3 Å². The molecule has 9 nitrogen and oxygen atoms in total. The Morgan fingerprint density at radius 3 is 2.88 bits per heavy atom. The van der Waals surface area contributed by atoms with Crippen molar-refractivity contribution < 1.29 is 24.5 Å². The monoisotopic (exact) mass is 338 g/mol. The molecule has 0 spiro atoms. The summed E-state index contributed by atoms with van der Waals surface area (Å²) in [6.45, 7) is -0.374. The number of ether oxygens (including phenoxy) is 2. The summed E-state index contributed by atoms with van der Waals surface area (Å²) in [7, 11) is 1.24. The summed E-state index contributed by atoms with van der Waals surface area (Å²) in [5.41, 5.74) is -1.12. The first kappa shape index (κ1) is 17.9. The number of H-pyrrole nitrogens is 1. The number of hydrogen-bond acceptors (Lipinski definition) is 7. The minimum Gasteiger partial charge on any atom is -0.466 e. The molecule has 2 rings (SSSR count). The van der Waals surface area contributed by atoms with Crippen LogP contribution in [0.15, 0.2) is 34.0 Å². The van der Waals surface area contributed by atoms with E-state index in [4.69, 9.17) is 9.84 Å². The van der Waals surface area contributed by atoms with Crippen LogP contribution in [0.4, 0.5) is 0 Å². The van der Waals surface area contributed by atoms with Crippen molar-refractivity contribution in [1.82, 2.24) is 9.55 Å². The zero-order valence-corrected chi connectivity index (χ0v) is 12.9. The zero-order chi connectivity index (χ0) is 17.7. The third kappa shape index (κ3) is 4.07. The molecule has 0 saturated carbocycles. The lowest BCUT2D eigenvalue weighted by atomic mass is 10.2. The fraction of sp³-hybridized carbons (Fsp3) is 0.400. The van der Waals surface area contributed by atoms with E-state index >= 15 is 0 Å². The van der Waals surface area contributed by atoms with E-state index in [0.717, 1.165) is 4.57 Å². The highest BCUT2D eigenvalue weighted by Crippen LogP contribution is 2.27. The van der Waals surface area contributed by atoms with Gasteiger partial charge in [0.25, 0.3) is 5.56 Å². The molecular weight excluding hydrogens is 320 g/mol. The van der Waals surface area contributed by atoms with Gasteiger partial charge in [-0.2, -0.15) is 0 Å². The highest BCUT2D eigenvalue weighted by atomic mass is 16.5. The van der Waals surface area contributed by atoms with E-state index in [1.54, 1.807) is 0 Å². The molecule has 1 aliphatic heterocycles. The van der Waals surface area contributed by atoms with Gasteiger partial charge in [-0.1, -0.05) is 12.2 Å². The van der Waals surface area contributed by atoms with E-state index < -0.39 is 35.7 Å². The normalized spacial score (nSPS) is 24.0. The molecule has 0 radical (unpaired) electrons. The highest BCUT2D eigenvalue weighted by molar-refractivity contribution is 5.82. The smallest absolute Gasteiger partial charge is 0.330 e. The van der Waals surface area contributed by atoms with Crippen molar-refractivity contribution in [1.29, 1.82) is 0 Å². The summed E-state index contributed by atoms with van der Waals surface area (Å²) in [6.07, 6.45) is 4.33. The molecule has 9 heteroatoms. The molecule has 0 aliphatic carbocycles. The van der Waals surface area contributed by atoms with E-state index in [-0.39, 0.29) is 18.6 Å². The maximum absolute atomic E-state index is 11.9. The van der Waals surface area contributed by atoms with Gasteiger partial charge >= 0.3 is 11.7 Å². The molecule has 130 valence electrons. The lowest BCUT2D eigenvalue weighted by Crippen LogP contribution is -2.33. The summed E-state index contributed by atoms with van der Waals surface area (Å²) < 4.78 is 11.0. The standard InChI is InChI=1S/C15H18N2O7/c1-23-13(20)5-3-2-4-9-7-17(15(22)16-14(9)21)12-6-10(19)11(8-18)24-12/h2-5,7,10-12,18-19H,6,8H2,1H3,(H,16,21,22)/b4-2+,5-3+/t10-,11+,12+/m0/s1. The topological polar surface area (TPSA) is 131 Å². The fourth-order valence-corrected chi connectivity index (χ4v) is 2.25. The molecule has 1 aromatic heterocycles. The van der Waals surface area contributed by atoms with E-state index in [1.807, 2.05) is 0 Å². The van der Waals surface area contributed by atoms with E-state index in [9.17, 15) is 19.5 Å². The van der Waals surface area contributed by atoms with Crippen molar-refractivity contribution >= 4 is 12.0 Å². The number of aromatic nitrogens is 2. The molecule has 1 aromatic rings. The van der Waals surface area contributed by atoms with Crippen LogP contribution in [0.5, 0.6) is 0 Å². The third-order valence-corrected chi connectivity index (χ3v) is 3.51. The Bertz CT molecular complexity index is 762. The van der Waals surface area contributed by atoms with Crippen molar-refractivity contribution in [3.63, 3.8) is 0 Å². The molecule has 0 aromatic carbocycles. The minimum absolute atomic E-state index is 0.114. The number of nitrogens with one attached hydrogen (secondary N) is 1. The number of aliphatic hydroxyl groups excluding tert-OH is 2. The summed E-state index contributed by atoms with van der Waals surface area (Å²) in [6, 6.07) is 0. The molecule has 1 fully saturated rings. The first-order valence-electron chi connectivity index (χ1n) is 7.18. The fourth-order valence-electron chi connectivity index (χ4n) is 2.25. The van der Waals surface area contributed by atoms with Crippen molar-refractivity contribution in [2.45, 2.75) is 24.9 Å². The quantitative estimate of drug-likeness (QED) is 0.353. The molecule has 3 atom stereocenters. The number of carbonyl (C=O) groups is 1. The summed E-state index contributed by atoms with van der Waals surface area (Å²) >= 11 is 0. The molecule has 1 aliphatic rings. The number of hydrogen-bond donors (Lipinski definition) is 3. The number of rotatable bonds is 5. The van der Waals surface area contributed by atoms with Gasteiger partial charge in [-0.25, -0.2) is 9.59 Å². The molecule has 24 heavy (non-hydrogen) atoms. The van der Waals surface area contributed by atoms with Crippen LogP contribution in [0.3, 0.4) is 0 Å². The third-order valence-electron chi connectivity index (χ3n) is 3.51. The predicted molar refractivity (Wildman–Crippen MR) is 83.1 cm³/mol. The summed E-state index contributed by atoms with van der Waals surface area (Å²) in [4.78, 5) is 36.8. The number of esters is 1. The lowest BCUT2D eigenvalue weighted by Gasteiger charge is -2.14. The van der Waals surface area contributed by atoms with Gasteiger partial charge in [0.15, 0.2) is 0 Å². The summed E-state index contributed by atoms with van der Waals surface area (Å²) in [5, 5.41) is 18.8. The van der Waals surface area contributed by atoms with Crippen LogP contribution in [0.25, 0.3) is 6.08 Å². The number of aromatic amines is 1. The van der Waals surface area contributed by atoms with Gasteiger partial charge in [-0.3, -0.25) is 14.3 Å². The van der Waals surface area contributed by atoms with Crippen LogP contribution in [-0.4, -0.2) is 51.7 Å². The Hall–Kier alpha value is -2.49. The summed E-state index contributed by atoms with van der Waals surface area (Å²) in [5.74, 6) is -0.540. The first-order valence-corrected chi connectivity index (χ1v) is 7.18. The Kier molecular flexibility index (Phi) is 5.85. The van der Waals surface area contributed by atoms with Gasteiger partial charge in [0.2, 0.25) is 0 Å². The van der Waals surface area contributed by atoms with Crippen molar-refractivity contribution in [2.24, 2.45) is 0 Å². The van der Waals surface area contributed by atoms with E-state index in [0.29, 0.717) is 0 Å². The number of allylic oxidation sites excluding steroid dienone is 2. The van der Waals surface area contributed by atoms with Gasteiger partial charge in [-0.15, -0.1) is 0 Å². The van der Waals surface area contributed by atoms with E-state index in [2.05, 4.69) is 9.72 Å². The Morgan fingerprint density at radius 2 is 2.25 bits per heavy atom. The second kappa shape index (κ2) is 7.86. The molecule has 0 bridgehead atoms. The van der Waals surface area contributed by atoms with Crippen LogP contribution in [0, 0.1) is 0 Å². The van der Waals surface area contributed by atoms with Gasteiger partial charge in [-0.05, 0) is 6.08 Å². The molecule has 3 N–H and O–H groups in total. The highest BCUT2D eigenvalue weighted by Gasteiger charge is 2.35. The average molecular weight is 338 g/mol. The predicted octanol–water partition coefficient (Wildman–Crippen LogP) is -1.08. The maximum atomic E-state index is 11.9. The van der Waals surface area contributed by atoms with E-state index in [1.165, 1.54) is 37.6 Å². The first-order chi connectivity index (χ1) is 11.5. The van der Waals surface area contributed by atoms with Gasteiger partial charge in [0, 0.05) is 18.7 Å². The van der Waals surface area contributed by atoms with Crippen molar-refractivity contribution in [3.8, 4) is 0 Å². The second-order valence-corrected chi connectivity index (χ2v) is 5.11. The van der Waals surface area contributed by atoms with Crippen LogP contribution in [-0.2, 0) is 14.3 Å². The van der Waals surface area contributed by atoms with Crippen LogP contribution in [0.2, 0.25) is 0 Å². The Labute approximate surface area is 136 Å². The van der Waals surface area contributed by atoms with Crippen LogP contribution < -0.4 is 11.2 Å². The Balaban J connectivity index is 2.24. The second-order valence-electron chi connectivity index (χ2n) is 5.11. The van der Waals surface area contributed by atoms with Crippen LogP contribution >= 0.6 is 0 Å². The van der Waals surface area contributed by atoms with Gasteiger partial charge in [0.05, 0.1) is 25.4 Å². The number of carbonyl (C=O) groups excluding carboxylic acids is 1. The molecule has 0 amide bonds. The number of aliphatic hydroxyl groups is 2.